The number of benzene rings is 1. The van der Waals surface area contributed by atoms with Gasteiger partial charge in [0.05, 0.1) is 12.2 Å². The summed E-state index contributed by atoms with van der Waals surface area (Å²) in [5.74, 6) is -0.549. The van der Waals surface area contributed by atoms with Gasteiger partial charge in [0.2, 0.25) is 0 Å². The van der Waals surface area contributed by atoms with Crippen molar-refractivity contribution < 1.29 is 13.9 Å². The van der Waals surface area contributed by atoms with Crippen molar-refractivity contribution in [2.45, 2.75) is 13.0 Å². The second-order valence-electron chi connectivity index (χ2n) is 8.06. The van der Waals surface area contributed by atoms with Gasteiger partial charge in [-0.3, -0.25) is 14.8 Å². The Bertz CT molecular complexity index is 1330. The predicted molar refractivity (Wildman–Crippen MR) is 138 cm³/mol. The van der Waals surface area contributed by atoms with Crippen LogP contribution in [0.15, 0.2) is 59.5 Å². The molecule has 4 rings (SSSR count). The Balaban J connectivity index is 1.74. The van der Waals surface area contributed by atoms with E-state index in [2.05, 4.69) is 25.3 Å². The highest BCUT2D eigenvalue weighted by Gasteiger charge is 2.26. The highest BCUT2D eigenvalue weighted by atomic mass is 35.5. The fourth-order valence-electron chi connectivity index (χ4n) is 3.75. The van der Waals surface area contributed by atoms with E-state index >= 15 is 0 Å². The van der Waals surface area contributed by atoms with Crippen molar-refractivity contribution in [2.75, 3.05) is 37.0 Å². The topological polar surface area (TPSA) is 119 Å². The fraction of sp³-hybridized carbons (Fsp3) is 0.240. The lowest BCUT2D eigenvalue weighted by atomic mass is 10.1. The van der Waals surface area contributed by atoms with Gasteiger partial charge >= 0.3 is 0 Å². The number of rotatable bonds is 6. The van der Waals surface area contributed by atoms with Gasteiger partial charge in [-0.05, 0) is 36.8 Å². The quantitative estimate of drug-likeness (QED) is 0.487. The lowest BCUT2D eigenvalue weighted by Gasteiger charge is -2.34. The number of aliphatic imine (C=N–C) groups is 1. The number of aromatic nitrogens is 3. The van der Waals surface area contributed by atoms with Crippen LogP contribution in [0.2, 0.25) is 5.02 Å². The Labute approximate surface area is 212 Å². The molecule has 9 nitrogen and oxygen atoms in total. The standard InChI is InChI=1S/C25H25ClFN7O2/c1-15-12-30-6-5-20(15)32-25(35)21-10-23(33-24(31-21)18-4-3-17(26)9-19(18)27)34-7-8-36-22(14-34)16(11-28)13-29-2/h3-6,9-13,22H,7-8,14,28H2,1-2H3,(H,30,32,35)/b16-11+,29-13?. The van der Waals surface area contributed by atoms with Gasteiger partial charge in [-0.1, -0.05) is 11.6 Å². The zero-order valence-electron chi connectivity index (χ0n) is 19.8. The summed E-state index contributed by atoms with van der Waals surface area (Å²) < 4.78 is 20.7. The van der Waals surface area contributed by atoms with Crippen LogP contribution in [-0.2, 0) is 4.74 Å². The number of anilines is 2. The first kappa shape index (κ1) is 25.2. The Morgan fingerprint density at radius 2 is 2.17 bits per heavy atom. The van der Waals surface area contributed by atoms with Crippen LogP contribution in [0.1, 0.15) is 16.1 Å². The Hall–Kier alpha value is -3.89. The summed E-state index contributed by atoms with van der Waals surface area (Å²) in [6, 6.07) is 7.48. The van der Waals surface area contributed by atoms with Crippen LogP contribution >= 0.6 is 11.6 Å². The molecule has 1 aromatic carbocycles. The summed E-state index contributed by atoms with van der Waals surface area (Å²) in [6.45, 7) is 3.13. The minimum Gasteiger partial charge on any atom is -0.404 e. The number of ether oxygens (including phenoxy) is 1. The van der Waals surface area contributed by atoms with E-state index in [1.807, 2.05) is 11.8 Å². The molecule has 1 aliphatic heterocycles. The summed E-state index contributed by atoms with van der Waals surface area (Å²) in [5, 5.41) is 3.09. The van der Waals surface area contributed by atoms with Crippen LogP contribution in [0.25, 0.3) is 11.4 Å². The van der Waals surface area contributed by atoms with Gasteiger partial charge < -0.3 is 20.7 Å². The summed E-state index contributed by atoms with van der Waals surface area (Å²) >= 11 is 5.93. The molecule has 2 aromatic heterocycles. The van der Waals surface area contributed by atoms with Crippen molar-refractivity contribution in [3.63, 3.8) is 0 Å². The Morgan fingerprint density at radius 1 is 1.33 bits per heavy atom. The molecule has 1 saturated heterocycles. The van der Waals surface area contributed by atoms with Gasteiger partial charge in [-0.2, -0.15) is 0 Å². The third-order valence-electron chi connectivity index (χ3n) is 5.62. The first-order valence-electron chi connectivity index (χ1n) is 11.2. The van der Waals surface area contributed by atoms with Gasteiger partial charge in [0.15, 0.2) is 5.82 Å². The number of aryl methyl sites for hydroxylation is 1. The molecule has 36 heavy (non-hydrogen) atoms. The second kappa shape index (κ2) is 11.2. The number of hydrogen-bond donors (Lipinski definition) is 2. The van der Waals surface area contributed by atoms with E-state index < -0.39 is 11.7 Å². The van der Waals surface area contributed by atoms with Gasteiger partial charge in [-0.15, -0.1) is 0 Å². The summed E-state index contributed by atoms with van der Waals surface area (Å²) in [5.41, 5.74) is 8.07. The molecular weight excluding hydrogens is 485 g/mol. The molecule has 0 radical (unpaired) electrons. The molecule has 1 amide bonds. The SMILES string of the molecule is CN=C/C(=C\N)C1CN(c2cc(C(=O)Nc3ccncc3C)nc(-c3ccc(Cl)cc3F)n2)CCO1. The number of halogens is 2. The molecule has 1 atom stereocenters. The number of nitrogens with one attached hydrogen (secondary N) is 1. The fourth-order valence-corrected chi connectivity index (χ4v) is 3.90. The van der Waals surface area contributed by atoms with Gasteiger partial charge in [-0.25, -0.2) is 14.4 Å². The van der Waals surface area contributed by atoms with E-state index in [4.69, 9.17) is 22.1 Å². The molecule has 0 saturated carbocycles. The molecule has 1 aliphatic rings. The molecule has 0 spiro atoms. The average Bonchev–Trinajstić information content (AvgIpc) is 2.88. The molecule has 186 valence electrons. The number of carbonyl (C=O) groups is 1. The van der Waals surface area contributed by atoms with Crippen molar-refractivity contribution in [1.29, 1.82) is 0 Å². The molecule has 1 fully saturated rings. The predicted octanol–water partition coefficient (Wildman–Crippen LogP) is 3.64. The molecule has 11 heteroatoms. The first-order valence-corrected chi connectivity index (χ1v) is 11.5. The number of pyridine rings is 1. The van der Waals surface area contributed by atoms with Crippen molar-refractivity contribution >= 4 is 35.2 Å². The maximum Gasteiger partial charge on any atom is 0.274 e. The molecule has 3 heterocycles. The largest absolute Gasteiger partial charge is 0.404 e. The molecular formula is C25H25ClFN7O2. The van der Waals surface area contributed by atoms with Crippen LogP contribution < -0.4 is 16.0 Å². The summed E-state index contributed by atoms with van der Waals surface area (Å²) in [6.07, 6.45) is 5.96. The van der Waals surface area contributed by atoms with E-state index in [1.54, 1.807) is 43.9 Å². The van der Waals surface area contributed by atoms with E-state index in [1.165, 1.54) is 18.3 Å². The maximum atomic E-state index is 14.8. The third kappa shape index (κ3) is 5.67. The van der Waals surface area contributed by atoms with Gasteiger partial charge in [0.25, 0.3) is 5.91 Å². The molecule has 0 aliphatic carbocycles. The number of morpholine rings is 1. The van der Waals surface area contributed by atoms with E-state index in [9.17, 15) is 9.18 Å². The van der Waals surface area contributed by atoms with Crippen LogP contribution in [0.3, 0.4) is 0 Å². The number of hydrogen-bond acceptors (Lipinski definition) is 8. The normalized spacial score (nSPS) is 16.4. The Morgan fingerprint density at radius 3 is 2.89 bits per heavy atom. The first-order chi connectivity index (χ1) is 17.4. The molecule has 3 N–H and O–H groups in total. The van der Waals surface area contributed by atoms with Crippen LogP contribution in [-0.4, -0.2) is 59.9 Å². The minimum absolute atomic E-state index is 0.0611. The highest BCUT2D eigenvalue weighted by Crippen LogP contribution is 2.27. The van der Waals surface area contributed by atoms with Crippen molar-refractivity contribution in [1.82, 2.24) is 15.0 Å². The van der Waals surface area contributed by atoms with Gasteiger partial charge in [0.1, 0.15) is 23.4 Å². The van der Waals surface area contributed by atoms with Crippen molar-refractivity contribution in [2.24, 2.45) is 10.7 Å². The van der Waals surface area contributed by atoms with Crippen molar-refractivity contribution in [3.05, 3.63) is 76.6 Å². The zero-order valence-corrected chi connectivity index (χ0v) is 20.5. The smallest absolute Gasteiger partial charge is 0.274 e. The number of carbonyl (C=O) groups excluding carboxylic acids is 1. The zero-order chi connectivity index (χ0) is 25.7. The molecule has 0 bridgehead atoms. The van der Waals surface area contributed by atoms with Crippen molar-refractivity contribution in [3.8, 4) is 11.4 Å². The maximum absolute atomic E-state index is 14.8. The number of amides is 1. The summed E-state index contributed by atoms with van der Waals surface area (Å²) in [7, 11) is 1.65. The van der Waals surface area contributed by atoms with E-state index in [0.29, 0.717) is 36.8 Å². The second-order valence-corrected chi connectivity index (χ2v) is 8.50. The summed E-state index contributed by atoms with van der Waals surface area (Å²) in [4.78, 5) is 32.2. The number of nitrogens with two attached hydrogens (primary N) is 1. The minimum atomic E-state index is -0.594. The van der Waals surface area contributed by atoms with E-state index in [0.717, 1.165) is 5.56 Å². The van der Waals surface area contributed by atoms with E-state index in [-0.39, 0.29) is 28.2 Å². The van der Waals surface area contributed by atoms with Crippen LogP contribution in [0, 0.1) is 12.7 Å². The molecule has 3 aromatic rings. The monoisotopic (exact) mass is 509 g/mol. The van der Waals surface area contributed by atoms with Crippen LogP contribution in [0.5, 0.6) is 0 Å². The Kier molecular flexibility index (Phi) is 7.87. The average molecular weight is 510 g/mol. The third-order valence-corrected chi connectivity index (χ3v) is 5.85. The number of nitrogens with zero attached hydrogens (tertiary/aromatic N) is 5. The van der Waals surface area contributed by atoms with Gasteiger partial charge in [0, 0.05) is 67.3 Å². The van der Waals surface area contributed by atoms with Crippen LogP contribution in [0.4, 0.5) is 15.9 Å². The lowest BCUT2D eigenvalue weighted by molar-refractivity contribution is 0.0676. The molecule has 1 unspecified atom stereocenters. The highest BCUT2D eigenvalue weighted by molar-refractivity contribution is 6.30. The lowest BCUT2D eigenvalue weighted by Crippen LogP contribution is -2.44.